The zero-order valence-corrected chi connectivity index (χ0v) is 20.1. The van der Waals surface area contributed by atoms with E-state index in [2.05, 4.69) is 15.7 Å². The SMILES string of the molecule is CCCCCC(=O)NC(CNC(=O)CN1C(=O)N(C)C(C)(c2ccc(C=NN)cc2)C1=O)C(=O)O. The van der Waals surface area contributed by atoms with Gasteiger partial charge in [-0.05, 0) is 24.5 Å². The van der Waals surface area contributed by atoms with E-state index in [0.29, 0.717) is 17.5 Å². The van der Waals surface area contributed by atoms with Gasteiger partial charge in [-0.1, -0.05) is 44.0 Å². The summed E-state index contributed by atoms with van der Waals surface area (Å²) in [5.41, 5.74) is -0.0978. The Labute approximate surface area is 203 Å². The van der Waals surface area contributed by atoms with Crippen LogP contribution in [-0.2, 0) is 24.7 Å². The summed E-state index contributed by atoms with van der Waals surface area (Å²) in [6, 6.07) is 4.73. The fraction of sp³-hybridized carbons (Fsp3) is 0.478. The molecule has 1 aromatic carbocycles. The summed E-state index contributed by atoms with van der Waals surface area (Å²) >= 11 is 0. The summed E-state index contributed by atoms with van der Waals surface area (Å²) in [5.74, 6) is 2.08. The number of imide groups is 1. The van der Waals surface area contributed by atoms with Crippen molar-refractivity contribution in [2.24, 2.45) is 10.9 Å². The summed E-state index contributed by atoms with van der Waals surface area (Å²) in [7, 11) is 1.46. The Morgan fingerprint density at radius 3 is 2.40 bits per heavy atom. The predicted octanol–water partition coefficient (Wildman–Crippen LogP) is 0.354. The normalized spacial score (nSPS) is 18.7. The largest absolute Gasteiger partial charge is 0.480 e. The standard InChI is InChI=1S/C23H32N6O6/c1-4-5-6-7-18(30)27-17(20(32)33)13-25-19(31)14-29-21(34)23(2,28(3)22(29)35)16-10-8-15(9-11-16)12-26-24/h8-12,17H,4-7,13-14,24H2,1-3H3,(H,25,31)(H,27,30)(H,32,33). The summed E-state index contributed by atoms with van der Waals surface area (Å²) in [5, 5.41) is 17.5. The molecular weight excluding hydrogens is 456 g/mol. The first kappa shape index (κ1) is 27.3. The number of urea groups is 1. The highest BCUT2D eigenvalue weighted by molar-refractivity contribution is 6.09. The molecule has 12 heteroatoms. The molecule has 0 saturated carbocycles. The molecule has 12 nitrogen and oxygen atoms in total. The van der Waals surface area contributed by atoms with Crippen LogP contribution in [0.25, 0.3) is 0 Å². The van der Waals surface area contributed by atoms with Crippen molar-refractivity contribution >= 4 is 35.9 Å². The monoisotopic (exact) mass is 488 g/mol. The number of hydrogen-bond acceptors (Lipinski definition) is 7. The number of nitrogens with zero attached hydrogens (tertiary/aromatic N) is 3. The lowest BCUT2D eigenvalue weighted by Gasteiger charge is -2.29. The lowest BCUT2D eigenvalue weighted by Crippen LogP contribution is -2.50. The number of carboxylic acid groups (broad SMARTS) is 1. The number of carbonyl (C=O) groups excluding carboxylic acids is 4. The van der Waals surface area contributed by atoms with Crippen LogP contribution in [0, 0.1) is 0 Å². The Bertz CT molecular complexity index is 995. The third-order valence-electron chi connectivity index (χ3n) is 5.99. The molecule has 5 N–H and O–H groups in total. The second-order valence-electron chi connectivity index (χ2n) is 8.42. The van der Waals surface area contributed by atoms with Gasteiger partial charge in [0.1, 0.15) is 18.1 Å². The maximum absolute atomic E-state index is 13.2. The number of likely N-dealkylation sites (N-methyl/N-ethyl adjacent to an activating group) is 1. The number of hydrogen-bond donors (Lipinski definition) is 4. The Kier molecular flexibility index (Phi) is 9.32. The molecule has 0 aliphatic carbocycles. The number of unbranched alkanes of at least 4 members (excludes halogenated alkanes) is 2. The average molecular weight is 489 g/mol. The molecule has 1 fully saturated rings. The third kappa shape index (κ3) is 6.34. The maximum atomic E-state index is 13.2. The van der Waals surface area contributed by atoms with Gasteiger partial charge < -0.3 is 26.5 Å². The number of rotatable bonds is 12. The van der Waals surface area contributed by atoms with Gasteiger partial charge in [0.05, 0.1) is 6.21 Å². The smallest absolute Gasteiger partial charge is 0.328 e. The highest BCUT2D eigenvalue weighted by Crippen LogP contribution is 2.35. The molecule has 0 spiro atoms. The highest BCUT2D eigenvalue weighted by Gasteiger charge is 2.54. The molecule has 0 bridgehead atoms. The number of nitrogens with one attached hydrogen (secondary N) is 2. The summed E-state index contributed by atoms with van der Waals surface area (Å²) < 4.78 is 0. The number of amides is 5. The van der Waals surface area contributed by atoms with Crippen molar-refractivity contribution in [1.29, 1.82) is 0 Å². The van der Waals surface area contributed by atoms with Crippen LogP contribution in [0.4, 0.5) is 4.79 Å². The number of aliphatic carboxylic acids is 1. The van der Waals surface area contributed by atoms with Crippen molar-refractivity contribution in [2.45, 2.75) is 51.1 Å². The molecule has 0 aromatic heterocycles. The van der Waals surface area contributed by atoms with Crippen molar-refractivity contribution in [1.82, 2.24) is 20.4 Å². The van der Waals surface area contributed by atoms with Crippen molar-refractivity contribution in [3.63, 3.8) is 0 Å². The van der Waals surface area contributed by atoms with Gasteiger partial charge in [-0.2, -0.15) is 5.10 Å². The first-order chi connectivity index (χ1) is 16.6. The van der Waals surface area contributed by atoms with Gasteiger partial charge in [0.15, 0.2) is 0 Å². The van der Waals surface area contributed by atoms with Gasteiger partial charge in [0, 0.05) is 20.0 Å². The topological polar surface area (TPSA) is 174 Å². The van der Waals surface area contributed by atoms with E-state index in [9.17, 15) is 29.1 Å². The number of hydrazone groups is 1. The summed E-state index contributed by atoms with van der Waals surface area (Å²) in [4.78, 5) is 63.9. The molecule has 1 aromatic rings. The van der Waals surface area contributed by atoms with E-state index in [1.54, 1.807) is 31.2 Å². The molecule has 1 aliphatic rings. The molecule has 2 unspecified atom stereocenters. The Morgan fingerprint density at radius 2 is 1.83 bits per heavy atom. The van der Waals surface area contributed by atoms with Crippen LogP contribution in [0.15, 0.2) is 29.4 Å². The van der Waals surface area contributed by atoms with E-state index in [1.165, 1.54) is 18.2 Å². The van der Waals surface area contributed by atoms with Crippen LogP contribution in [0.3, 0.4) is 0 Å². The minimum atomic E-state index is -1.34. The van der Waals surface area contributed by atoms with Crippen molar-refractivity contribution in [3.8, 4) is 0 Å². The summed E-state index contributed by atoms with van der Waals surface area (Å²) in [6.45, 7) is 2.58. The van der Waals surface area contributed by atoms with E-state index in [4.69, 9.17) is 5.84 Å². The van der Waals surface area contributed by atoms with Gasteiger partial charge in [-0.15, -0.1) is 0 Å². The minimum absolute atomic E-state index is 0.188. The van der Waals surface area contributed by atoms with Crippen molar-refractivity contribution < 1.29 is 29.1 Å². The fourth-order valence-electron chi connectivity index (χ4n) is 3.72. The van der Waals surface area contributed by atoms with Crippen LogP contribution >= 0.6 is 0 Å². The zero-order chi connectivity index (χ0) is 26.2. The first-order valence-corrected chi connectivity index (χ1v) is 11.3. The maximum Gasteiger partial charge on any atom is 0.328 e. The van der Waals surface area contributed by atoms with Crippen LogP contribution in [0.2, 0.25) is 0 Å². The first-order valence-electron chi connectivity index (χ1n) is 11.3. The van der Waals surface area contributed by atoms with Crippen LogP contribution in [0.1, 0.15) is 50.7 Å². The molecule has 1 saturated heterocycles. The van der Waals surface area contributed by atoms with Gasteiger partial charge in [0.2, 0.25) is 11.8 Å². The van der Waals surface area contributed by atoms with Crippen LogP contribution < -0.4 is 16.5 Å². The van der Waals surface area contributed by atoms with Gasteiger partial charge >= 0.3 is 12.0 Å². The Hall–Kier alpha value is -3.96. The van der Waals surface area contributed by atoms with E-state index >= 15 is 0 Å². The molecule has 1 aliphatic heterocycles. The van der Waals surface area contributed by atoms with E-state index < -0.39 is 47.8 Å². The fourth-order valence-corrected chi connectivity index (χ4v) is 3.72. The van der Waals surface area contributed by atoms with Gasteiger partial charge in [0.25, 0.3) is 5.91 Å². The molecule has 0 radical (unpaired) electrons. The van der Waals surface area contributed by atoms with Crippen molar-refractivity contribution in [2.75, 3.05) is 20.1 Å². The number of nitrogens with two attached hydrogens (primary N) is 1. The highest BCUT2D eigenvalue weighted by atomic mass is 16.4. The average Bonchev–Trinajstić information content (AvgIpc) is 2.98. The second kappa shape index (κ2) is 12.0. The molecular formula is C23H32N6O6. The number of carbonyl (C=O) groups is 5. The zero-order valence-electron chi connectivity index (χ0n) is 20.1. The number of carboxylic acids is 1. The van der Waals surface area contributed by atoms with E-state index in [-0.39, 0.29) is 13.0 Å². The molecule has 2 rings (SSSR count). The number of benzene rings is 1. The summed E-state index contributed by atoms with van der Waals surface area (Å²) in [6.07, 6.45) is 4.02. The second-order valence-corrected chi connectivity index (χ2v) is 8.42. The van der Waals surface area contributed by atoms with E-state index in [0.717, 1.165) is 17.7 Å². The molecule has 2 atom stereocenters. The molecule has 35 heavy (non-hydrogen) atoms. The van der Waals surface area contributed by atoms with E-state index in [1.807, 2.05) is 6.92 Å². The van der Waals surface area contributed by atoms with Crippen molar-refractivity contribution in [3.05, 3.63) is 35.4 Å². The van der Waals surface area contributed by atoms with Crippen LogP contribution in [0.5, 0.6) is 0 Å². The third-order valence-corrected chi connectivity index (χ3v) is 5.99. The van der Waals surface area contributed by atoms with Gasteiger partial charge in [-0.3, -0.25) is 19.3 Å². The molecule has 190 valence electrons. The Balaban J connectivity index is 2.03. The molecule has 5 amide bonds. The van der Waals surface area contributed by atoms with Crippen LogP contribution in [-0.4, -0.2) is 77.0 Å². The predicted molar refractivity (Wildman–Crippen MR) is 127 cm³/mol. The quantitative estimate of drug-likeness (QED) is 0.108. The lowest BCUT2D eigenvalue weighted by molar-refractivity contribution is -0.142. The minimum Gasteiger partial charge on any atom is -0.480 e. The lowest BCUT2D eigenvalue weighted by atomic mass is 9.90. The van der Waals surface area contributed by atoms with Gasteiger partial charge in [-0.25, -0.2) is 9.59 Å². The Morgan fingerprint density at radius 1 is 1.17 bits per heavy atom. The molecule has 1 heterocycles.